The number of nitrogens with one attached hydrogen (secondary N) is 1. The maximum absolute atomic E-state index is 11.0. The average molecular weight is 200 g/mol. The van der Waals surface area contributed by atoms with Gasteiger partial charge in [-0.3, -0.25) is 14.3 Å². The fourth-order valence-corrected chi connectivity index (χ4v) is 0.780. The van der Waals surface area contributed by atoms with Gasteiger partial charge < -0.3 is 5.11 Å². The number of carbonyl (C=O) groups is 1. The number of hydrazine groups is 1. The van der Waals surface area contributed by atoms with E-state index in [2.05, 4.69) is 0 Å². The van der Waals surface area contributed by atoms with Gasteiger partial charge in [-0.2, -0.15) is 0 Å². The van der Waals surface area contributed by atoms with Crippen LogP contribution in [0.2, 0.25) is 0 Å². The zero-order chi connectivity index (χ0) is 10.7. The quantitative estimate of drug-likeness (QED) is 0.300. The Morgan fingerprint density at radius 2 is 2.29 bits per heavy atom. The zero-order valence-corrected chi connectivity index (χ0v) is 7.01. The molecule has 0 aliphatic rings. The van der Waals surface area contributed by atoms with Crippen LogP contribution in [0.3, 0.4) is 0 Å². The predicted octanol–water partition coefficient (Wildman–Crippen LogP) is -1.65. The van der Waals surface area contributed by atoms with Gasteiger partial charge in [0, 0.05) is 12.3 Å². The molecule has 14 heavy (non-hydrogen) atoms. The smallest absolute Gasteiger partial charge is 0.423 e. The summed E-state index contributed by atoms with van der Waals surface area (Å²) in [5, 5.41) is 8.82. The van der Waals surface area contributed by atoms with E-state index in [1.807, 2.05) is 4.98 Å². The molecule has 0 atom stereocenters. The van der Waals surface area contributed by atoms with E-state index < -0.39 is 17.3 Å². The molecule has 0 aliphatic heterocycles. The highest BCUT2D eigenvalue weighted by molar-refractivity contribution is 5.63. The average Bonchev–Trinajstić information content (AvgIpc) is 2.09. The lowest BCUT2D eigenvalue weighted by Gasteiger charge is -2.12. The standard InChI is InChI=1S/C6H8N4O4/c7-10(6(13)14)3-9-2-1-4(11)8-5(9)12/h1-2H,3,7H2,(H,13,14)(H,8,11,12). The van der Waals surface area contributed by atoms with Gasteiger partial charge in [0.1, 0.15) is 6.67 Å². The molecule has 1 aromatic heterocycles. The Kier molecular flexibility index (Phi) is 2.67. The maximum atomic E-state index is 11.0. The molecule has 1 rings (SSSR count). The van der Waals surface area contributed by atoms with E-state index in [4.69, 9.17) is 10.9 Å². The summed E-state index contributed by atoms with van der Waals surface area (Å²) < 4.78 is 0.954. The Labute approximate surface area is 77.2 Å². The van der Waals surface area contributed by atoms with Gasteiger partial charge in [0.25, 0.3) is 5.56 Å². The number of nitrogens with zero attached hydrogens (tertiary/aromatic N) is 2. The SMILES string of the molecule is NN(Cn1ccc(=O)[nH]c1=O)C(=O)O. The number of carboxylic acid groups (broad SMARTS) is 1. The second-order valence-corrected chi connectivity index (χ2v) is 2.47. The topological polar surface area (TPSA) is 121 Å². The first kappa shape index (κ1) is 9.99. The molecule has 76 valence electrons. The van der Waals surface area contributed by atoms with Gasteiger partial charge in [-0.1, -0.05) is 0 Å². The summed E-state index contributed by atoms with van der Waals surface area (Å²) in [6, 6.07) is 1.09. The molecule has 0 spiro atoms. The summed E-state index contributed by atoms with van der Waals surface area (Å²) in [5.41, 5.74) is -1.26. The molecule has 0 aliphatic carbocycles. The third kappa shape index (κ3) is 2.20. The van der Waals surface area contributed by atoms with Gasteiger partial charge in [0.05, 0.1) is 0 Å². The predicted molar refractivity (Wildman–Crippen MR) is 45.4 cm³/mol. The van der Waals surface area contributed by atoms with Gasteiger partial charge in [-0.05, 0) is 0 Å². The summed E-state index contributed by atoms with van der Waals surface area (Å²) in [4.78, 5) is 33.9. The first-order valence-corrected chi connectivity index (χ1v) is 3.55. The molecule has 0 saturated carbocycles. The minimum absolute atomic E-state index is 0.342. The van der Waals surface area contributed by atoms with Crippen molar-refractivity contribution in [3.05, 3.63) is 33.1 Å². The number of aromatic amines is 1. The van der Waals surface area contributed by atoms with Crippen LogP contribution in [0.1, 0.15) is 0 Å². The second kappa shape index (κ2) is 3.75. The first-order chi connectivity index (χ1) is 6.50. The van der Waals surface area contributed by atoms with Crippen molar-refractivity contribution in [2.24, 2.45) is 5.84 Å². The lowest BCUT2D eigenvalue weighted by molar-refractivity contribution is 0.130. The first-order valence-electron chi connectivity index (χ1n) is 3.55. The number of H-pyrrole nitrogens is 1. The van der Waals surface area contributed by atoms with Gasteiger partial charge in [-0.25, -0.2) is 20.4 Å². The Morgan fingerprint density at radius 1 is 1.64 bits per heavy atom. The van der Waals surface area contributed by atoms with Crippen molar-refractivity contribution in [2.75, 3.05) is 0 Å². The molecule has 8 nitrogen and oxygen atoms in total. The number of hydrogen-bond acceptors (Lipinski definition) is 4. The van der Waals surface area contributed by atoms with Crippen LogP contribution in [0.15, 0.2) is 21.9 Å². The van der Waals surface area contributed by atoms with Crippen LogP contribution in [0.4, 0.5) is 4.79 Å². The number of aromatic nitrogens is 2. The third-order valence-electron chi connectivity index (χ3n) is 1.45. The molecule has 4 N–H and O–H groups in total. The summed E-state index contributed by atoms with van der Waals surface area (Å²) in [5.74, 6) is 5.04. The highest BCUT2D eigenvalue weighted by atomic mass is 16.4. The molecule has 1 amide bonds. The molecule has 0 saturated heterocycles. The van der Waals surface area contributed by atoms with Gasteiger partial charge in [0.15, 0.2) is 0 Å². The highest BCUT2D eigenvalue weighted by Gasteiger charge is 2.07. The van der Waals surface area contributed by atoms with Crippen LogP contribution in [-0.4, -0.2) is 25.8 Å². The van der Waals surface area contributed by atoms with Gasteiger partial charge >= 0.3 is 11.8 Å². The van der Waals surface area contributed by atoms with E-state index in [0.717, 1.165) is 16.8 Å². The van der Waals surface area contributed by atoms with Crippen LogP contribution in [0.25, 0.3) is 0 Å². The van der Waals surface area contributed by atoms with Gasteiger partial charge in [0.2, 0.25) is 0 Å². The van der Waals surface area contributed by atoms with Crippen molar-refractivity contribution in [1.82, 2.24) is 14.6 Å². The minimum Gasteiger partial charge on any atom is -0.464 e. The number of hydrogen-bond donors (Lipinski definition) is 3. The normalized spacial score (nSPS) is 9.79. The van der Waals surface area contributed by atoms with Crippen LogP contribution < -0.4 is 17.1 Å². The monoisotopic (exact) mass is 200 g/mol. The molecule has 0 unspecified atom stereocenters. The molecule has 0 fully saturated rings. The number of rotatable bonds is 2. The van der Waals surface area contributed by atoms with E-state index in [1.54, 1.807) is 0 Å². The Balaban J connectivity index is 2.93. The van der Waals surface area contributed by atoms with E-state index in [0.29, 0.717) is 5.01 Å². The summed E-state index contributed by atoms with van der Waals surface area (Å²) >= 11 is 0. The highest BCUT2D eigenvalue weighted by Crippen LogP contribution is 1.82. The Hall–Kier alpha value is -2.09. The van der Waals surface area contributed by atoms with Crippen molar-refractivity contribution in [2.45, 2.75) is 6.67 Å². The lowest BCUT2D eigenvalue weighted by Crippen LogP contribution is -2.42. The summed E-state index contributed by atoms with van der Waals surface area (Å²) in [7, 11) is 0. The van der Waals surface area contributed by atoms with Crippen molar-refractivity contribution in [3.8, 4) is 0 Å². The summed E-state index contributed by atoms with van der Waals surface area (Å²) in [6.07, 6.45) is -0.215. The largest absolute Gasteiger partial charge is 0.464 e. The lowest BCUT2D eigenvalue weighted by atomic mass is 10.6. The fourth-order valence-electron chi connectivity index (χ4n) is 0.780. The van der Waals surface area contributed by atoms with Crippen molar-refractivity contribution in [1.29, 1.82) is 0 Å². The maximum Gasteiger partial charge on any atom is 0.423 e. The molecular weight excluding hydrogens is 192 g/mol. The van der Waals surface area contributed by atoms with Crippen LogP contribution in [0, 0.1) is 0 Å². The zero-order valence-electron chi connectivity index (χ0n) is 7.01. The molecular formula is C6H8N4O4. The van der Waals surface area contributed by atoms with Crippen molar-refractivity contribution >= 4 is 6.09 Å². The van der Waals surface area contributed by atoms with E-state index in [1.165, 1.54) is 0 Å². The Morgan fingerprint density at radius 3 is 2.79 bits per heavy atom. The molecule has 0 aromatic carbocycles. The molecule has 8 heteroatoms. The summed E-state index contributed by atoms with van der Waals surface area (Å²) in [6.45, 7) is -0.342. The second-order valence-electron chi connectivity index (χ2n) is 2.47. The third-order valence-corrected chi connectivity index (χ3v) is 1.45. The molecule has 1 aromatic rings. The van der Waals surface area contributed by atoms with Gasteiger partial charge in [-0.15, -0.1) is 0 Å². The van der Waals surface area contributed by atoms with E-state index in [-0.39, 0.29) is 6.67 Å². The minimum atomic E-state index is -1.37. The number of nitrogens with two attached hydrogens (primary N) is 1. The van der Waals surface area contributed by atoms with E-state index in [9.17, 15) is 14.4 Å². The molecule has 0 bridgehead atoms. The van der Waals surface area contributed by atoms with E-state index >= 15 is 0 Å². The van der Waals surface area contributed by atoms with Crippen LogP contribution in [0.5, 0.6) is 0 Å². The fraction of sp³-hybridized carbons (Fsp3) is 0.167. The van der Waals surface area contributed by atoms with Crippen LogP contribution >= 0.6 is 0 Å². The number of amides is 1. The van der Waals surface area contributed by atoms with Crippen molar-refractivity contribution in [3.63, 3.8) is 0 Å². The molecule has 0 radical (unpaired) electrons. The van der Waals surface area contributed by atoms with Crippen molar-refractivity contribution < 1.29 is 9.90 Å². The van der Waals surface area contributed by atoms with Crippen LogP contribution in [-0.2, 0) is 6.67 Å². The Bertz CT molecular complexity index is 448. The molecule has 1 heterocycles.